The molecule has 7 nitrogen and oxygen atoms in total. The summed E-state index contributed by atoms with van der Waals surface area (Å²) in [5.41, 5.74) is 2.46. The lowest BCUT2D eigenvalue weighted by atomic mass is 10.1. The summed E-state index contributed by atoms with van der Waals surface area (Å²) in [5, 5.41) is 5.21. The van der Waals surface area contributed by atoms with Gasteiger partial charge in [0, 0.05) is 28.8 Å². The molecule has 0 saturated heterocycles. The lowest BCUT2D eigenvalue weighted by Crippen LogP contribution is -2.37. The monoisotopic (exact) mass is 455 g/mol. The van der Waals surface area contributed by atoms with Crippen LogP contribution in [-0.4, -0.2) is 43.3 Å². The van der Waals surface area contributed by atoms with Crippen molar-refractivity contribution < 1.29 is 19.1 Å². The fourth-order valence-electron chi connectivity index (χ4n) is 3.25. The molecule has 0 atom stereocenters. The number of rotatable bonds is 7. The average Bonchev–Trinajstić information content (AvgIpc) is 3.26. The molecule has 2 aromatic carbocycles. The largest absolute Gasteiger partial charge is 0.493 e. The molecule has 0 aliphatic carbocycles. The number of para-hydroxylation sites is 1. The molecule has 1 aliphatic heterocycles. The van der Waals surface area contributed by atoms with Gasteiger partial charge in [0.2, 0.25) is 11.8 Å². The third-order valence-corrected chi connectivity index (χ3v) is 6.61. The SMILES string of the molecule is COc1ccc(-c2csc(NC(=O)CCN3C(=O)CSc4ccccc43)n2)cc1OC. The minimum absolute atomic E-state index is 0.0153. The summed E-state index contributed by atoms with van der Waals surface area (Å²) in [4.78, 5) is 32.1. The van der Waals surface area contributed by atoms with Crippen LogP contribution in [0.5, 0.6) is 11.5 Å². The maximum absolute atomic E-state index is 12.5. The molecule has 1 aromatic heterocycles. The molecule has 2 heterocycles. The number of ether oxygens (including phenoxy) is 2. The van der Waals surface area contributed by atoms with Crippen molar-refractivity contribution in [3.05, 3.63) is 47.8 Å². The van der Waals surface area contributed by atoms with Crippen LogP contribution >= 0.6 is 23.1 Å². The van der Waals surface area contributed by atoms with Crippen LogP contribution in [0.25, 0.3) is 11.3 Å². The first-order chi connectivity index (χ1) is 15.1. The molecule has 31 heavy (non-hydrogen) atoms. The number of carbonyl (C=O) groups is 2. The van der Waals surface area contributed by atoms with Gasteiger partial charge in [0.25, 0.3) is 0 Å². The Labute approximate surface area is 188 Å². The molecule has 9 heteroatoms. The van der Waals surface area contributed by atoms with E-state index >= 15 is 0 Å². The minimum atomic E-state index is -0.184. The summed E-state index contributed by atoms with van der Waals surface area (Å²) in [7, 11) is 3.17. The molecule has 0 saturated carbocycles. The summed E-state index contributed by atoms with van der Waals surface area (Å²) < 4.78 is 10.6. The van der Waals surface area contributed by atoms with Crippen LogP contribution in [0.2, 0.25) is 0 Å². The normalized spacial score (nSPS) is 13.0. The lowest BCUT2D eigenvalue weighted by Gasteiger charge is -2.28. The molecule has 160 valence electrons. The number of benzene rings is 2. The number of anilines is 2. The summed E-state index contributed by atoms with van der Waals surface area (Å²) in [6, 6.07) is 13.3. The van der Waals surface area contributed by atoms with Crippen molar-refractivity contribution in [1.29, 1.82) is 0 Å². The van der Waals surface area contributed by atoms with Crippen LogP contribution in [0.3, 0.4) is 0 Å². The van der Waals surface area contributed by atoms with Crippen molar-refractivity contribution in [2.24, 2.45) is 0 Å². The predicted molar refractivity (Wildman–Crippen MR) is 123 cm³/mol. The fourth-order valence-corrected chi connectivity index (χ4v) is 4.93. The molecule has 0 unspecified atom stereocenters. The number of nitrogens with one attached hydrogen (secondary N) is 1. The van der Waals surface area contributed by atoms with Crippen molar-refractivity contribution in [3.63, 3.8) is 0 Å². The number of aromatic nitrogens is 1. The fraction of sp³-hybridized carbons (Fsp3) is 0.227. The Morgan fingerprint density at radius 3 is 2.77 bits per heavy atom. The van der Waals surface area contributed by atoms with Crippen LogP contribution in [0.4, 0.5) is 10.8 Å². The third kappa shape index (κ3) is 4.67. The first-order valence-electron chi connectivity index (χ1n) is 9.59. The number of hydrogen-bond donors (Lipinski definition) is 1. The van der Waals surface area contributed by atoms with Crippen LogP contribution in [-0.2, 0) is 9.59 Å². The van der Waals surface area contributed by atoms with Gasteiger partial charge >= 0.3 is 0 Å². The maximum Gasteiger partial charge on any atom is 0.237 e. The first-order valence-corrected chi connectivity index (χ1v) is 11.5. The zero-order valence-corrected chi connectivity index (χ0v) is 18.7. The van der Waals surface area contributed by atoms with Crippen molar-refractivity contribution in [3.8, 4) is 22.8 Å². The van der Waals surface area contributed by atoms with E-state index in [1.54, 1.807) is 19.1 Å². The Bertz CT molecular complexity index is 1120. The minimum Gasteiger partial charge on any atom is -0.493 e. The van der Waals surface area contributed by atoms with Gasteiger partial charge in [0.05, 0.1) is 31.4 Å². The smallest absolute Gasteiger partial charge is 0.237 e. The highest BCUT2D eigenvalue weighted by molar-refractivity contribution is 8.00. The Hall–Kier alpha value is -3.04. The van der Waals surface area contributed by atoms with E-state index in [0.29, 0.717) is 28.9 Å². The zero-order chi connectivity index (χ0) is 21.8. The molecular formula is C22H21N3O4S2. The van der Waals surface area contributed by atoms with Gasteiger partial charge in [0.1, 0.15) is 0 Å². The lowest BCUT2D eigenvalue weighted by molar-refractivity contribution is -0.117. The quantitative estimate of drug-likeness (QED) is 0.572. The van der Waals surface area contributed by atoms with Gasteiger partial charge in [-0.2, -0.15) is 0 Å². The van der Waals surface area contributed by atoms with E-state index in [-0.39, 0.29) is 18.2 Å². The Morgan fingerprint density at radius 2 is 1.97 bits per heavy atom. The molecule has 0 spiro atoms. The summed E-state index contributed by atoms with van der Waals surface area (Å²) in [5.74, 6) is 1.48. The molecule has 1 N–H and O–H groups in total. The summed E-state index contributed by atoms with van der Waals surface area (Å²) >= 11 is 2.87. The molecule has 4 rings (SSSR count). The summed E-state index contributed by atoms with van der Waals surface area (Å²) in [6.07, 6.45) is 0.190. The van der Waals surface area contributed by atoms with E-state index in [1.165, 1.54) is 23.1 Å². The number of thioether (sulfide) groups is 1. The highest BCUT2D eigenvalue weighted by atomic mass is 32.2. The van der Waals surface area contributed by atoms with E-state index in [9.17, 15) is 9.59 Å². The van der Waals surface area contributed by atoms with Gasteiger partial charge in [-0.25, -0.2) is 4.98 Å². The van der Waals surface area contributed by atoms with Gasteiger partial charge < -0.3 is 19.7 Å². The standard InChI is InChI=1S/C22H21N3O4S2/c1-28-17-8-7-14(11-18(17)29-2)15-12-31-22(23-15)24-20(26)9-10-25-16-5-3-4-6-19(16)30-13-21(25)27/h3-8,11-12H,9-10,13H2,1-2H3,(H,23,24,26). The Morgan fingerprint density at radius 1 is 1.16 bits per heavy atom. The zero-order valence-electron chi connectivity index (χ0n) is 17.1. The third-order valence-electron chi connectivity index (χ3n) is 4.80. The Balaban J connectivity index is 1.39. The number of carbonyl (C=O) groups excluding carboxylic acids is 2. The van der Waals surface area contributed by atoms with Crippen LogP contribution in [0.15, 0.2) is 52.7 Å². The van der Waals surface area contributed by atoms with Crippen molar-refractivity contribution in [2.45, 2.75) is 11.3 Å². The second-order valence-electron chi connectivity index (χ2n) is 6.71. The molecule has 1 aliphatic rings. The second kappa shape index (κ2) is 9.40. The topological polar surface area (TPSA) is 80.8 Å². The second-order valence-corrected chi connectivity index (χ2v) is 8.58. The number of methoxy groups -OCH3 is 2. The van der Waals surface area contributed by atoms with Crippen molar-refractivity contribution in [1.82, 2.24) is 4.98 Å². The molecule has 0 bridgehead atoms. The summed E-state index contributed by atoms with van der Waals surface area (Å²) in [6.45, 7) is 0.330. The molecule has 0 radical (unpaired) electrons. The molecule has 2 amide bonds. The maximum atomic E-state index is 12.5. The van der Waals surface area contributed by atoms with E-state index < -0.39 is 0 Å². The molecular weight excluding hydrogens is 434 g/mol. The van der Waals surface area contributed by atoms with Gasteiger partial charge in [-0.05, 0) is 30.3 Å². The molecule has 3 aromatic rings. The first kappa shape index (κ1) is 21.2. The highest BCUT2D eigenvalue weighted by Crippen LogP contribution is 2.35. The average molecular weight is 456 g/mol. The van der Waals surface area contributed by atoms with Crippen LogP contribution in [0, 0.1) is 0 Å². The van der Waals surface area contributed by atoms with Gasteiger partial charge in [0.15, 0.2) is 16.6 Å². The van der Waals surface area contributed by atoms with Gasteiger partial charge in [-0.3, -0.25) is 9.59 Å². The number of hydrogen-bond acceptors (Lipinski definition) is 7. The number of amides is 2. The van der Waals surface area contributed by atoms with E-state index in [2.05, 4.69) is 10.3 Å². The number of thiazole rings is 1. The number of nitrogens with zero attached hydrogens (tertiary/aromatic N) is 2. The van der Waals surface area contributed by atoms with Gasteiger partial charge in [-0.1, -0.05) is 12.1 Å². The van der Waals surface area contributed by atoms with Crippen LogP contribution in [0.1, 0.15) is 6.42 Å². The van der Waals surface area contributed by atoms with Gasteiger partial charge in [-0.15, -0.1) is 23.1 Å². The van der Waals surface area contributed by atoms with Crippen molar-refractivity contribution in [2.75, 3.05) is 36.7 Å². The van der Waals surface area contributed by atoms with E-state index in [1.807, 2.05) is 47.8 Å². The van der Waals surface area contributed by atoms with E-state index in [0.717, 1.165) is 21.8 Å². The molecule has 0 fully saturated rings. The van der Waals surface area contributed by atoms with E-state index in [4.69, 9.17) is 9.47 Å². The van der Waals surface area contributed by atoms with Crippen LogP contribution < -0.4 is 19.7 Å². The predicted octanol–water partition coefficient (Wildman–Crippen LogP) is 4.29. The highest BCUT2D eigenvalue weighted by Gasteiger charge is 2.24. The Kier molecular flexibility index (Phi) is 6.43. The van der Waals surface area contributed by atoms with Crippen molar-refractivity contribution >= 4 is 45.7 Å². The number of fused-ring (bicyclic) bond motifs is 1.